The van der Waals surface area contributed by atoms with E-state index in [-0.39, 0.29) is 5.91 Å². The third-order valence-corrected chi connectivity index (χ3v) is 4.98. The highest BCUT2D eigenvalue weighted by molar-refractivity contribution is 9.10. The van der Waals surface area contributed by atoms with Gasteiger partial charge in [-0.3, -0.25) is 4.79 Å². The fourth-order valence-corrected chi connectivity index (χ4v) is 3.09. The van der Waals surface area contributed by atoms with Crippen LogP contribution in [0.15, 0.2) is 22.7 Å². The summed E-state index contributed by atoms with van der Waals surface area (Å²) in [5.74, 6) is 0.731. The van der Waals surface area contributed by atoms with Gasteiger partial charge < -0.3 is 4.90 Å². The maximum absolute atomic E-state index is 12.5. The molecule has 0 saturated carbocycles. The van der Waals surface area contributed by atoms with Gasteiger partial charge in [-0.25, -0.2) is 0 Å². The lowest BCUT2D eigenvalue weighted by Gasteiger charge is -2.24. The second-order valence-corrected chi connectivity index (χ2v) is 6.39. The topological polar surface area (TPSA) is 20.3 Å². The first-order valence-electron chi connectivity index (χ1n) is 6.45. The Hall–Kier alpha value is -0.250. The zero-order valence-corrected chi connectivity index (χ0v) is 13.6. The van der Waals surface area contributed by atoms with Crippen molar-refractivity contribution in [3.63, 3.8) is 0 Å². The van der Waals surface area contributed by atoms with E-state index in [1.54, 1.807) is 6.07 Å². The van der Waals surface area contributed by atoms with Gasteiger partial charge in [-0.1, -0.05) is 11.6 Å². The van der Waals surface area contributed by atoms with E-state index in [2.05, 4.69) is 15.9 Å². The molecule has 1 aliphatic heterocycles. The second-order valence-electron chi connectivity index (χ2n) is 4.75. The molecule has 0 spiro atoms. The first kappa shape index (κ1) is 15.1. The zero-order valence-electron chi connectivity index (χ0n) is 10.5. The SMILES string of the molecule is O=C(c1ccc(Br)c(Cl)c1)N1CCCC1CCCCl. The maximum Gasteiger partial charge on any atom is 0.254 e. The van der Waals surface area contributed by atoms with Crippen LogP contribution in [0.1, 0.15) is 36.0 Å². The Bertz CT molecular complexity index is 467. The molecule has 1 aromatic rings. The Labute approximate surface area is 132 Å². The van der Waals surface area contributed by atoms with Crippen LogP contribution < -0.4 is 0 Å². The molecule has 1 aromatic carbocycles. The molecular formula is C14H16BrCl2NO. The van der Waals surface area contributed by atoms with Gasteiger partial charge >= 0.3 is 0 Å². The van der Waals surface area contributed by atoms with Crippen molar-refractivity contribution >= 4 is 45.0 Å². The molecular weight excluding hydrogens is 349 g/mol. The number of alkyl halides is 1. The molecule has 2 rings (SSSR count). The summed E-state index contributed by atoms with van der Waals surface area (Å²) in [5, 5.41) is 0.572. The Morgan fingerprint density at radius 2 is 2.26 bits per heavy atom. The first-order chi connectivity index (χ1) is 9.13. The van der Waals surface area contributed by atoms with Crippen LogP contribution in [-0.2, 0) is 0 Å². The van der Waals surface area contributed by atoms with Crippen LogP contribution in [0.3, 0.4) is 0 Å². The van der Waals surface area contributed by atoms with Gasteiger partial charge in [0.2, 0.25) is 0 Å². The van der Waals surface area contributed by atoms with E-state index in [1.807, 2.05) is 17.0 Å². The number of carbonyl (C=O) groups excluding carboxylic acids is 1. The highest BCUT2D eigenvalue weighted by Gasteiger charge is 2.28. The van der Waals surface area contributed by atoms with E-state index in [1.165, 1.54) is 0 Å². The van der Waals surface area contributed by atoms with Crippen LogP contribution in [0, 0.1) is 0 Å². The molecule has 1 fully saturated rings. The lowest BCUT2D eigenvalue weighted by atomic mass is 10.1. The van der Waals surface area contributed by atoms with Gasteiger partial charge in [0.25, 0.3) is 5.91 Å². The highest BCUT2D eigenvalue weighted by Crippen LogP contribution is 2.27. The van der Waals surface area contributed by atoms with Crippen LogP contribution in [0.25, 0.3) is 0 Å². The van der Waals surface area contributed by atoms with Crippen molar-refractivity contribution < 1.29 is 4.79 Å². The Morgan fingerprint density at radius 3 is 2.95 bits per heavy atom. The molecule has 0 radical (unpaired) electrons. The first-order valence-corrected chi connectivity index (χ1v) is 8.16. The molecule has 0 aliphatic carbocycles. The Balaban J connectivity index is 2.11. The molecule has 1 saturated heterocycles. The zero-order chi connectivity index (χ0) is 13.8. The number of carbonyl (C=O) groups is 1. The van der Waals surface area contributed by atoms with Gasteiger partial charge in [-0.2, -0.15) is 0 Å². The number of benzene rings is 1. The minimum Gasteiger partial charge on any atom is -0.336 e. The van der Waals surface area contributed by atoms with Crippen molar-refractivity contribution in [3.8, 4) is 0 Å². The second kappa shape index (κ2) is 6.96. The third-order valence-electron chi connectivity index (χ3n) is 3.48. The minimum atomic E-state index is 0.0754. The quantitative estimate of drug-likeness (QED) is 0.707. The summed E-state index contributed by atoms with van der Waals surface area (Å²) in [6, 6.07) is 5.69. The van der Waals surface area contributed by atoms with Crippen LogP contribution in [0.4, 0.5) is 0 Å². The summed E-state index contributed by atoms with van der Waals surface area (Å²) < 4.78 is 0.811. The van der Waals surface area contributed by atoms with Crippen LogP contribution in [0.2, 0.25) is 5.02 Å². The number of amides is 1. The predicted molar refractivity (Wildman–Crippen MR) is 83.2 cm³/mol. The normalized spacial score (nSPS) is 18.9. The monoisotopic (exact) mass is 363 g/mol. The van der Waals surface area contributed by atoms with Crippen molar-refractivity contribution in [2.24, 2.45) is 0 Å². The van der Waals surface area contributed by atoms with Crippen LogP contribution >= 0.6 is 39.1 Å². The minimum absolute atomic E-state index is 0.0754. The van der Waals surface area contributed by atoms with E-state index < -0.39 is 0 Å². The molecule has 1 amide bonds. The van der Waals surface area contributed by atoms with Gasteiger partial charge in [-0.05, 0) is 59.8 Å². The summed E-state index contributed by atoms with van der Waals surface area (Å²) in [6.07, 6.45) is 4.09. The van der Waals surface area contributed by atoms with Gasteiger partial charge in [0.15, 0.2) is 0 Å². The van der Waals surface area contributed by atoms with Crippen molar-refractivity contribution in [2.45, 2.75) is 31.7 Å². The van der Waals surface area contributed by atoms with E-state index in [9.17, 15) is 4.79 Å². The lowest BCUT2D eigenvalue weighted by Crippen LogP contribution is -2.35. The molecule has 0 N–H and O–H groups in total. The van der Waals surface area contributed by atoms with Gasteiger partial charge in [-0.15, -0.1) is 11.6 Å². The molecule has 0 aromatic heterocycles. The predicted octanol–water partition coefficient (Wildman–Crippen LogP) is 4.73. The van der Waals surface area contributed by atoms with Gasteiger partial charge in [0.05, 0.1) is 5.02 Å². The Kier molecular flexibility index (Phi) is 5.55. The fourth-order valence-electron chi connectivity index (χ4n) is 2.51. The van der Waals surface area contributed by atoms with Crippen molar-refractivity contribution in [3.05, 3.63) is 33.3 Å². The summed E-state index contributed by atoms with van der Waals surface area (Å²) >= 11 is 15.1. The molecule has 104 valence electrons. The van der Waals surface area contributed by atoms with Crippen molar-refractivity contribution in [2.75, 3.05) is 12.4 Å². The molecule has 5 heteroatoms. The average Bonchev–Trinajstić information content (AvgIpc) is 2.87. The largest absolute Gasteiger partial charge is 0.336 e. The van der Waals surface area contributed by atoms with E-state index >= 15 is 0 Å². The average molecular weight is 365 g/mol. The summed E-state index contributed by atoms with van der Waals surface area (Å²) in [6.45, 7) is 0.833. The fraction of sp³-hybridized carbons (Fsp3) is 0.500. The smallest absolute Gasteiger partial charge is 0.254 e. The van der Waals surface area contributed by atoms with Gasteiger partial charge in [0.1, 0.15) is 0 Å². The molecule has 19 heavy (non-hydrogen) atoms. The molecule has 1 aliphatic rings. The summed E-state index contributed by atoms with van der Waals surface area (Å²) in [4.78, 5) is 14.5. The van der Waals surface area contributed by atoms with E-state index in [0.29, 0.717) is 22.5 Å². The molecule has 0 bridgehead atoms. The number of likely N-dealkylation sites (tertiary alicyclic amines) is 1. The van der Waals surface area contributed by atoms with Crippen LogP contribution in [0.5, 0.6) is 0 Å². The molecule has 2 nitrogen and oxygen atoms in total. The van der Waals surface area contributed by atoms with Crippen molar-refractivity contribution in [1.29, 1.82) is 0 Å². The number of nitrogens with zero attached hydrogens (tertiary/aromatic N) is 1. The lowest BCUT2D eigenvalue weighted by molar-refractivity contribution is 0.0730. The van der Waals surface area contributed by atoms with Crippen molar-refractivity contribution in [1.82, 2.24) is 4.90 Å². The summed E-state index contributed by atoms with van der Waals surface area (Å²) in [7, 11) is 0. The summed E-state index contributed by atoms with van der Waals surface area (Å²) in [5.41, 5.74) is 0.658. The Morgan fingerprint density at radius 1 is 1.47 bits per heavy atom. The van der Waals surface area contributed by atoms with Gasteiger partial charge in [0, 0.05) is 28.5 Å². The maximum atomic E-state index is 12.5. The van der Waals surface area contributed by atoms with Crippen LogP contribution in [-0.4, -0.2) is 29.3 Å². The number of halogens is 3. The number of hydrogen-bond acceptors (Lipinski definition) is 1. The standard InChI is InChI=1S/C14H16BrCl2NO/c15-12-6-5-10(9-13(12)17)14(19)18-8-2-4-11(18)3-1-7-16/h5-6,9,11H,1-4,7-8H2. The molecule has 1 unspecified atom stereocenters. The molecule has 1 atom stereocenters. The molecule has 1 heterocycles. The highest BCUT2D eigenvalue weighted by atomic mass is 79.9. The number of hydrogen-bond donors (Lipinski definition) is 0. The van der Waals surface area contributed by atoms with E-state index in [0.717, 1.165) is 36.7 Å². The van der Waals surface area contributed by atoms with E-state index in [4.69, 9.17) is 23.2 Å². The third kappa shape index (κ3) is 3.65. The number of rotatable bonds is 4.